The van der Waals surface area contributed by atoms with E-state index in [4.69, 9.17) is 5.26 Å². The lowest BCUT2D eigenvalue weighted by Crippen LogP contribution is -2.46. The fourth-order valence-electron chi connectivity index (χ4n) is 2.06. The van der Waals surface area contributed by atoms with E-state index in [0.29, 0.717) is 5.69 Å². The van der Waals surface area contributed by atoms with Gasteiger partial charge < -0.3 is 4.90 Å². The van der Waals surface area contributed by atoms with E-state index in [1.54, 1.807) is 6.20 Å². The lowest BCUT2D eigenvalue weighted by atomic mass is 10.3. The van der Waals surface area contributed by atoms with Crippen molar-refractivity contribution in [3.8, 4) is 6.07 Å². The summed E-state index contributed by atoms with van der Waals surface area (Å²) in [6.45, 7) is 7.51. The van der Waals surface area contributed by atoms with Gasteiger partial charge in [-0.2, -0.15) is 5.26 Å². The lowest BCUT2D eigenvalue weighted by molar-refractivity contribution is 0.258. The van der Waals surface area contributed by atoms with Crippen LogP contribution in [0.5, 0.6) is 0 Å². The summed E-state index contributed by atoms with van der Waals surface area (Å²) >= 11 is 0. The molecule has 0 saturated carbocycles. The van der Waals surface area contributed by atoms with Gasteiger partial charge in [0.05, 0.1) is 12.4 Å². The predicted molar refractivity (Wildman–Crippen MR) is 65.7 cm³/mol. The van der Waals surface area contributed by atoms with Crippen LogP contribution in [0.4, 0.5) is 5.82 Å². The molecule has 5 nitrogen and oxygen atoms in total. The van der Waals surface area contributed by atoms with Crippen LogP contribution in [0.1, 0.15) is 19.0 Å². The van der Waals surface area contributed by atoms with Gasteiger partial charge in [-0.3, -0.25) is 4.90 Å². The van der Waals surface area contributed by atoms with Crippen LogP contribution in [-0.2, 0) is 0 Å². The Hall–Kier alpha value is -1.67. The molecule has 17 heavy (non-hydrogen) atoms. The minimum atomic E-state index is 0.373. The average molecular weight is 231 g/mol. The molecule has 0 atom stereocenters. The molecule has 0 bridgehead atoms. The molecule has 5 heteroatoms. The van der Waals surface area contributed by atoms with Gasteiger partial charge in [0.15, 0.2) is 5.69 Å². The van der Waals surface area contributed by atoms with Gasteiger partial charge in [-0.15, -0.1) is 0 Å². The maximum Gasteiger partial charge on any atom is 0.158 e. The number of nitrogens with zero attached hydrogens (tertiary/aromatic N) is 5. The molecule has 1 aliphatic rings. The monoisotopic (exact) mass is 231 g/mol. The van der Waals surface area contributed by atoms with Gasteiger partial charge in [0.25, 0.3) is 0 Å². The second-order valence-electron chi connectivity index (χ2n) is 4.20. The summed E-state index contributed by atoms with van der Waals surface area (Å²) < 4.78 is 0. The number of rotatable bonds is 3. The van der Waals surface area contributed by atoms with Crippen molar-refractivity contribution in [1.29, 1.82) is 5.26 Å². The van der Waals surface area contributed by atoms with Crippen LogP contribution in [-0.4, -0.2) is 47.6 Å². The van der Waals surface area contributed by atoms with Crippen molar-refractivity contribution in [1.82, 2.24) is 14.9 Å². The highest BCUT2D eigenvalue weighted by Crippen LogP contribution is 2.12. The molecule has 0 aromatic carbocycles. The normalized spacial score (nSPS) is 16.8. The van der Waals surface area contributed by atoms with Crippen molar-refractivity contribution in [2.75, 3.05) is 37.6 Å². The number of nitriles is 1. The predicted octanol–water partition coefficient (Wildman–Crippen LogP) is 0.880. The van der Waals surface area contributed by atoms with Crippen molar-refractivity contribution in [2.24, 2.45) is 0 Å². The van der Waals surface area contributed by atoms with Crippen LogP contribution >= 0.6 is 0 Å². The van der Waals surface area contributed by atoms with Crippen LogP contribution < -0.4 is 4.90 Å². The number of hydrogen-bond donors (Lipinski definition) is 0. The first-order chi connectivity index (χ1) is 8.33. The third kappa shape index (κ3) is 2.92. The highest BCUT2D eigenvalue weighted by molar-refractivity contribution is 5.37. The summed E-state index contributed by atoms with van der Waals surface area (Å²) in [5.74, 6) is 0.875. The van der Waals surface area contributed by atoms with Crippen molar-refractivity contribution in [2.45, 2.75) is 13.3 Å². The topological polar surface area (TPSA) is 56.0 Å². The first-order valence-electron chi connectivity index (χ1n) is 6.03. The first-order valence-corrected chi connectivity index (χ1v) is 6.03. The minimum absolute atomic E-state index is 0.373. The summed E-state index contributed by atoms with van der Waals surface area (Å²) in [4.78, 5) is 13.0. The largest absolute Gasteiger partial charge is 0.353 e. The SMILES string of the molecule is CCCN1CCN(c2cnc(C#N)cn2)CC1. The molecule has 1 fully saturated rings. The van der Waals surface area contributed by atoms with Gasteiger partial charge >= 0.3 is 0 Å². The average Bonchev–Trinajstić information content (AvgIpc) is 2.40. The van der Waals surface area contributed by atoms with Crippen molar-refractivity contribution in [3.05, 3.63) is 18.1 Å². The maximum atomic E-state index is 8.66. The zero-order valence-electron chi connectivity index (χ0n) is 10.1. The Bertz CT molecular complexity index is 386. The molecule has 1 saturated heterocycles. The fraction of sp³-hybridized carbons (Fsp3) is 0.583. The van der Waals surface area contributed by atoms with Gasteiger partial charge in [0, 0.05) is 26.2 Å². The summed E-state index contributed by atoms with van der Waals surface area (Å²) in [6.07, 6.45) is 4.43. The van der Waals surface area contributed by atoms with Crippen molar-refractivity contribution in [3.63, 3.8) is 0 Å². The van der Waals surface area contributed by atoms with Crippen LogP contribution in [0.2, 0.25) is 0 Å². The van der Waals surface area contributed by atoms with Crippen LogP contribution in [0.25, 0.3) is 0 Å². The Balaban J connectivity index is 1.94. The molecule has 0 aliphatic carbocycles. The second kappa shape index (κ2) is 5.60. The second-order valence-corrected chi connectivity index (χ2v) is 4.20. The van der Waals surface area contributed by atoms with E-state index in [1.165, 1.54) is 19.2 Å². The highest BCUT2D eigenvalue weighted by atomic mass is 15.3. The molecule has 0 amide bonds. The molecule has 0 radical (unpaired) electrons. The molecule has 1 aromatic rings. The van der Waals surface area contributed by atoms with Gasteiger partial charge in [-0.1, -0.05) is 6.92 Å². The number of hydrogen-bond acceptors (Lipinski definition) is 5. The zero-order valence-corrected chi connectivity index (χ0v) is 10.1. The van der Waals surface area contributed by atoms with Gasteiger partial charge in [0.2, 0.25) is 0 Å². The molecule has 2 rings (SSSR count). The number of anilines is 1. The summed E-state index contributed by atoms with van der Waals surface area (Å²) in [7, 11) is 0. The Kier molecular flexibility index (Phi) is 3.89. The number of piperazine rings is 1. The Morgan fingerprint density at radius 1 is 1.24 bits per heavy atom. The molecule has 0 spiro atoms. The molecular formula is C12H17N5. The molecular weight excluding hydrogens is 214 g/mol. The summed E-state index contributed by atoms with van der Waals surface area (Å²) in [5.41, 5.74) is 0.373. The fourth-order valence-corrected chi connectivity index (χ4v) is 2.06. The standard InChI is InChI=1S/C12H17N5/c1-2-3-16-4-6-17(7-5-16)12-10-14-11(8-13)9-15-12/h9-10H,2-7H2,1H3. The first kappa shape index (κ1) is 11.8. The maximum absolute atomic E-state index is 8.66. The smallest absolute Gasteiger partial charge is 0.158 e. The summed E-state index contributed by atoms with van der Waals surface area (Å²) in [6, 6.07) is 1.98. The van der Waals surface area contributed by atoms with Gasteiger partial charge in [-0.05, 0) is 13.0 Å². The molecule has 90 valence electrons. The Morgan fingerprint density at radius 3 is 2.53 bits per heavy atom. The quantitative estimate of drug-likeness (QED) is 0.773. The minimum Gasteiger partial charge on any atom is -0.353 e. The molecule has 2 heterocycles. The highest BCUT2D eigenvalue weighted by Gasteiger charge is 2.17. The van der Waals surface area contributed by atoms with Gasteiger partial charge in [-0.25, -0.2) is 9.97 Å². The molecule has 1 aliphatic heterocycles. The Morgan fingerprint density at radius 2 is 2.00 bits per heavy atom. The third-order valence-electron chi connectivity index (χ3n) is 2.99. The van der Waals surface area contributed by atoms with E-state index in [9.17, 15) is 0 Å². The lowest BCUT2D eigenvalue weighted by Gasteiger charge is -2.34. The van der Waals surface area contributed by atoms with Gasteiger partial charge in [0.1, 0.15) is 11.9 Å². The van der Waals surface area contributed by atoms with Crippen molar-refractivity contribution >= 4 is 5.82 Å². The van der Waals surface area contributed by atoms with Crippen LogP contribution in [0.15, 0.2) is 12.4 Å². The van der Waals surface area contributed by atoms with Crippen molar-refractivity contribution < 1.29 is 0 Å². The molecule has 0 N–H and O–H groups in total. The summed E-state index contributed by atoms with van der Waals surface area (Å²) in [5, 5.41) is 8.66. The van der Waals surface area contributed by atoms with Crippen LogP contribution in [0, 0.1) is 11.3 Å². The van der Waals surface area contributed by atoms with E-state index in [0.717, 1.165) is 32.0 Å². The molecule has 0 unspecified atom stereocenters. The van der Waals surface area contributed by atoms with E-state index in [-0.39, 0.29) is 0 Å². The van der Waals surface area contributed by atoms with E-state index >= 15 is 0 Å². The van der Waals surface area contributed by atoms with E-state index in [2.05, 4.69) is 26.7 Å². The zero-order chi connectivity index (χ0) is 12.1. The molecule has 1 aromatic heterocycles. The van der Waals surface area contributed by atoms with Crippen LogP contribution in [0.3, 0.4) is 0 Å². The Labute approximate surface area is 102 Å². The van der Waals surface area contributed by atoms with E-state index in [1.807, 2.05) is 6.07 Å². The third-order valence-corrected chi connectivity index (χ3v) is 2.99. The van der Waals surface area contributed by atoms with E-state index < -0.39 is 0 Å². The number of aromatic nitrogens is 2.